The van der Waals surface area contributed by atoms with Gasteiger partial charge in [0.2, 0.25) is 0 Å². The van der Waals surface area contributed by atoms with Crippen molar-refractivity contribution >= 4 is 23.1 Å². The number of imidazole rings is 1. The molecule has 1 fully saturated rings. The molecule has 1 aliphatic rings. The first-order chi connectivity index (χ1) is 20.1. The van der Waals surface area contributed by atoms with Crippen LogP contribution in [0.2, 0.25) is 0 Å². The Morgan fingerprint density at radius 2 is 1.55 bits per heavy atom. The summed E-state index contributed by atoms with van der Waals surface area (Å²) in [7, 11) is 0. The van der Waals surface area contributed by atoms with E-state index in [2.05, 4.69) is 66.2 Å². The van der Waals surface area contributed by atoms with Gasteiger partial charge in [-0.2, -0.15) is 0 Å². The fourth-order valence-corrected chi connectivity index (χ4v) is 4.62. The molecule has 4 N–H and O–H groups in total. The van der Waals surface area contributed by atoms with Crippen LogP contribution < -0.4 is 5.32 Å². The Labute approximate surface area is 247 Å². The largest absolute Gasteiger partial charge is 0.445 e. The minimum absolute atomic E-state index is 0.113. The molecule has 1 amide bonds. The molecular weight excluding hydrogens is 538 g/mol. The average Bonchev–Trinajstić information content (AvgIpc) is 3.49. The highest BCUT2D eigenvalue weighted by Crippen LogP contribution is 2.32. The van der Waals surface area contributed by atoms with Gasteiger partial charge in [-0.15, -0.1) is 0 Å². The molecule has 2 aromatic heterocycles. The van der Waals surface area contributed by atoms with Crippen LogP contribution in [-0.4, -0.2) is 72.5 Å². The summed E-state index contributed by atoms with van der Waals surface area (Å²) in [4.78, 5) is 24.9. The van der Waals surface area contributed by atoms with E-state index >= 15 is 0 Å². The van der Waals surface area contributed by atoms with E-state index < -0.39 is 37.2 Å². The summed E-state index contributed by atoms with van der Waals surface area (Å²) in [5.74, 6) is 0.134. The number of carbonyl (C=O) groups excluding carboxylic acids is 1. The third kappa shape index (κ3) is 9.59. The van der Waals surface area contributed by atoms with Gasteiger partial charge in [-0.25, -0.2) is 19.7 Å². The van der Waals surface area contributed by atoms with Crippen molar-refractivity contribution in [3.05, 3.63) is 59.3 Å². The molecular formula is C31H45N5O6. The van der Waals surface area contributed by atoms with Crippen molar-refractivity contribution in [2.45, 2.75) is 97.7 Å². The predicted molar refractivity (Wildman–Crippen MR) is 162 cm³/mol. The fourth-order valence-electron chi connectivity index (χ4n) is 4.62. The second-order valence-corrected chi connectivity index (χ2v) is 11.0. The molecule has 1 aliphatic heterocycles. The van der Waals surface area contributed by atoms with Crippen LogP contribution in [0.5, 0.6) is 0 Å². The lowest BCUT2D eigenvalue weighted by Gasteiger charge is -2.16. The molecule has 0 bridgehead atoms. The number of ether oxygens (including phenoxy) is 2. The van der Waals surface area contributed by atoms with E-state index in [4.69, 9.17) is 9.47 Å². The molecule has 0 aromatic carbocycles. The van der Waals surface area contributed by atoms with Crippen LogP contribution in [0.15, 0.2) is 59.3 Å². The Balaban J connectivity index is 1.43. The summed E-state index contributed by atoms with van der Waals surface area (Å²) in [6, 6.07) is 0. The van der Waals surface area contributed by atoms with Crippen LogP contribution in [0.1, 0.15) is 79.4 Å². The molecule has 3 rings (SSSR count). The van der Waals surface area contributed by atoms with Crippen LogP contribution in [-0.2, 0) is 9.47 Å². The predicted octanol–water partition coefficient (Wildman–Crippen LogP) is 5.13. The highest BCUT2D eigenvalue weighted by atomic mass is 16.6. The summed E-state index contributed by atoms with van der Waals surface area (Å²) in [6.45, 7) is 10.3. The fraction of sp³-hybridized carbons (Fsp3) is 0.548. The van der Waals surface area contributed by atoms with E-state index in [-0.39, 0.29) is 23.6 Å². The van der Waals surface area contributed by atoms with Crippen molar-refractivity contribution in [1.82, 2.24) is 19.5 Å². The van der Waals surface area contributed by atoms with Gasteiger partial charge in [-0.1, -0.05) is 40.5 Å². The van der Waals surface area contributed by atoms with E-state index in [9.17, 15) is 20.1 Å². The zero-order valence-corrected chi connectivity index (χ0v) is 25.3. The summed E-state index contributed by atoms with van der Waals surface area (Å²) >= 11 is 0. The third-order valence-corrected chi connectivity index (χ3v) is 7.17. The first kappa shape index (κ1) is 33.1. The van der Waals surface area contributed by atoms with Crippen LogP contribution >= 0.6 is 0 Å². The molecule has 230 valence electrons. The summed E-state index contributed by atoms with van der Waals surface area (Å²) < 4.78 is 12.3. The van der Waals surface area contributed by atoms with Gasteiger partial charge in [0.05, 0.1) is 12.9 Å². The number of hydrogen-bond donors (Lipinski definition) is 4. The van der Waals surface area contributed by atoms with Crippen molar-refractivity contribution in [2.24, 2.45) is 0 Å². The second-order valence-electron chi connectivity index (χ2n) is 11.0. The van der Waals surface area contributed by atoms with Gasteiger partial charge in [0, 0.05) is 0 Å². The number of allylic oxidation sites excluding steroid dienone is 7. The highest BCUT2D eigenvalue weighted by molar-refractivity contribution is 5.93. The number of fused-ring (bicyclic) bond motifs is 1. The number of rotatable bonds is 14. The van der Waals surface area contributed by atoms with E-state index in [0.717, 1.165) is 44.1 Å². The molecule has 3 heterocycles. The number of carbonyl (C=O) groups is 1. The normalized spacial score (nSPS) is 21.6. The molecule has 11 nitrogen and oxygen atoms in total. The maximum atomic E-state index is 12.4. The van der Waals surface area contributed by atoms with Crippen molar-refractivity contribution in [3.8, 4) is 0 Å². The molecule has 0 unspecified atom stereocenters. The van der Waals surface area contributed by atoms with Crippen LogP contribution in [0, 0.1) is 0 Å². The van der Waals surface area contributed by atoms with E-state index in [1.54, 1.807) is 0 Å². The quantitative estimate of drug-likeness (QED) is 0.222. The van der Waals surface area contributed by atoms with Gasteiger partial charge in [0.15, 0.2) is 23.2 Å². The second kappa shape index (κ2) is 16.3. The third-order valence-electron chi connectivity index (χ3n) is 7.17. The first-order valence-electron chi connectivity index (χ1n) is 14.4. The Hall–Kier alpha value is -3.38. The summed E-state index contributed by atoms with van der Waals surface area (Å²) in [5, 5.41) is 32.3. The van der Waals surface area contributed by atoms with Gasteiger partial charge in [0.1, 0.15) is 31.2 Å². The lowest BCUT2D eigenvalue weighted by Crippen LogP contribution is -2.33. The Kier molecular flexibility index (Phi) is 12.9. The van der Waals surface area contributed by atoms with Gasteiger partial charge >= 0.3 is 6.09 Å². The van der Waals surface area contributed by atoms with Crippen molar-refractivity contribution in [2.75, 3.05) is 18.5 Å². The number of aromatic nitrogens is 4. The summed E-state index contributed by atoms with van der Waals surface area (Å²) in [5.41, 5.74) is 5.86. The lowest BCUT2D eigenvalue weighted by molar-refractivity contribution is -0.0511. The Bertz CT molecular complexity index is 1310. The smallest absolute Gasteiger partial charge is 0.413 e. The number of aliphatic hydroxyl groups excluding tert-OH is 3. The van der Waals surface area contributed by atoms with E-state index in [1.165, 1.54) is 33.9 Å². The van der Waals surface area contributed by atoms with E-state index in [1.807, 2.05) is 13.0 Å². The number of amides is 1. The Morgan fingerprint density at radius 3 is 2.14 bits per heavy atom. The zero-order chi connectivity index (χ0) is 30.6. The highest BCUT2D eigenvalue weighted by Gasteiger charge is 2.44. The first-order valence-corrected chi connectivity index (χ1v) is 14.4. The maximum absolute atomic E-state index is 12.4. The average molecular weight is 584 g/mol. The topological polar surface area (TPSA) is 152 Å². The summed E-state index contributed by atoms with van der Waals surface area (Å²) in [6.07, 6.45) is 12.3. The maximum Gasteiger partial charge on any atom is 0.413 e. The monoisotopic (exact) mass is 583 g/mol. The van der Waals surface area contributed by atoms with Crippen LogP contribution in [0.25, 0.3) is 11.2 Å². The van der Waals surface area contributed by atoms with Gasteiger partial charge in [-0.05, 0) is 79.2 Å². The Morgan fingerprint density at radius 1 is 0.929 bits per heavy atom. The van der Waals surface area contributed by atoms with Gasteiger partial charge in [0.25, 0.3) is 0 Å². The molecule has 42 heavy (non-hydrogen) atoms. The number of nitrogens with zero attached hydrogens (tertiary/aromatic N) is 4. The number of anilines is 1. The number of nitrogens with one attached hydrogen (secondary N) is 1. The zero-order valence-electron chi connectivity index (χ0n) is 25.3. The minimum Gasteiger partial charge on any atom is -0.445 e. The van der Waals surface area contributed by atoms with Crippen molar-refractivity contribution in [3.63, 3.8) is 0 Å². The van der Waals surface area contributed by atoms with Crippen LogP contribution in [0.4, 0.5) is 10.6 Å². The molecule has 0 radical (unpaired) electrons. The molecule has 2 aromatic rings. The van der Waals surface area contributed by atoms with Gasteiger partial charge in [-0.3, -0.25) is 9.88 Å². The molecule has 11 heteroatoms. The SMILES string of the molecule is CC(C)=CCC/C(C)=C/CC/C(C)=C/CC/C(C)=C/COC(=O)Nc1ncnc2c1ncn2[C@@H]1O[C@H](CO)[C@@H](O)[C@@H]1O. The van der Waals surface area contributed by atoms with Crippen LogP contribution in [0.3, 0.4) is 0 Å². The van der Waals surface area contributed by atoms with E-state index in [0.29, 0.717) is 0 Å². The minimum atomic E-state index is -1.29. The number of aliphatic hydroxyl groups is 3. The standard InChI is InChI=1S/C31H45N5O6/c1-20(2)9-6-10-21(3)11-7-12-22(4)13-8-14-23(5)15-16-41-31(40)35-28-25-29(33-18-32-28)36(19-34-25)30-27(39)26(38)24(17-37)42-30/h9,11,13,15,18-19,24,26-27,30,37-39H,6-8,10,12,14,16-17H2,1-5H3,(H,32,33,35,40)/b21-11+,22-13+,23-15+/t24-,26-,27+,30-/m1/s1. The van der Waals surface area contributed by atoms with Crippen molar-refractivity contribution < 1.29 is 29.6 Å². The molecule has 4 atom stereocenters. The molecule has 0 saturated carbocycles. The number of hydrogen-bond acceptors (Lipinski definition) is 9. The molecule has 0 aliphatic carbocycles. The van der Waals surface area contributed by atoms with Crippen molar-refractivity contribution in [1.29, 1.82) is 0 Å². The molecule has 0 spiro atoms. The lowest BCUT2D eigenvalue weighted by atomic mass is 10.0. The molecule has 1 saturated heterocycles. The van der Waals surface area contributed by atoms with Gasteiger partial charge < -0.3 is 24.8 Å².